The Labute approximate surface area is 95.7 Å². The first kappa shape index (κ1) is 12.5. The molecule has 1 atom stereocenters. The molecule has 3 N–H and O–H groups in total. The molecule has 0 saturated carbocycles. The average Bonchev–Trinajstić information content (AvgIpc) is 2.31. The topological polar surface area (TPSA) is 61.4 Å². The Balaban J connectivity index is 2.60. The van der Waals surface area contributed by atoms with Crippen molar-refractivity contribution in [3.8, 4) is 5.75 Å². The van der Waals surface area contributed by atoms with Gasteiger partial charge in [0.25, 0.3) is 0 Å². The molecule has 0 heterocycles. The number of carbonyl (C=O) groups excluding carboxylic acids is 1. The highest BCUT2D eigenvalue weighted by molar-refractivity contribution is 5.77. The van der Waals surface area contributed by atoms with Gasteiger partial charge in [-0.05, 0) is 24.1 Å². The predicted molar refractivity (Wildman–Crippen MR) is 63.2 cm³/mol. The fourth-order valence-electron chi connectivity index (χ4n) is 1.51. The summed E-state index contributed by atoms with van der Waals surface area (Å²) in [7, 11) is 1.62. The van der Waals surface area contributed by atoms with E-state index in [0.717, 1.165) is 12.0 Å². The molecule has 0 spiro atoms. The third-order valence-corrected chi connectivity index (χ3v) is 2.49. The summed E-state index contributed by atoms with van der Waals surface area (Å²) in [4.78, 5) is 11.1. The quantitative estimate of drug-likeness (QED) is 0.701. The van der Waals surface area contributed by atoms with Gasteiger partial charge in [-0.15, -0.1) is 0 Å². The van der Waals surface area contributed by atoms with Crippen molar-refractivity contribution < 1.29 is 9.90 Å². The van der Waals surface area contributed by atoms with Crippen LogP contribution in [0, 0.1) is 0 Å². The lowest BCUT2D eigenvalue weighted by molar-refractivity contribution is -0.119. The first-order valence-electron chi connectivity index (χ1n) is 5.40. The second-order valence-electron chi connectivity index (χ2n) is 3.61. The lowest BCUT2D eigenvalue weighted by atomic mass is 10.0. The first-order valence-corrected chi connectivity index (χ1v) is 5.40. The Bertz CT molecular complexity index is 335. The van der Waals surface area contributed by atoms with Gasteiger partial charge in [0.15, 0.2) is 0 Å². The van der Waals surface area contributed by atoms with Gasteiger partial charge in [-0.1, -0.05) is 19.1 Å². The SMILES string of the molecule is CCC(NCC(=O)NC)c1ccc(O)cc1. The minimum absolute atomic E-state index is 0.0303. The van der Waals surface area contributed by atoms with Crippen molar-refractivity contribution in [1.29, 1.82) is 0 Å². The Morgan fingerprint density at radius 3 is 2.50 bits per heavy atom. The van der Waals surface area contributed by atoms with Gasteiger partial charge in [-0.2, -0.15) is 0 Å². The summed E-state index contributed by atoms with van der Waals surface area (Å²) in [5.74, 6) is 0.224. The van der Waals surface area contributed by atoms with Crippen molar-refractivity contribution >= 4 is 5.91 Å². The molecule has 1 amide bonds. The zero-order valence-corrected chi connectivity index (χ0v) is 9.66. The Morgan fingerprint density at radius 1 is 1.38 bits per heavy atom. The van der Waals surface area contributed by atoms with Crippen LogP contribution in [-0.2, 0) is 4.79 Å². The molecule has 1 unspecified atom stereocenters. The highest BCUT2D eigenvalue weighted by Gasteiger charge is 2.09. The van der Waals surface area contributed by atoms with Gasteiger partial charge >= 0.3 is 0 Å². The van der Waals surface area contributed by atoms with E-state index in [0.29, 0.717) is 6.54 Å². The summed E-state index contributed by atoms with van der Waals surface area (Å²) < 4.78 is 0. The largest absolute Gasteiger partial charge is 0.508 e. The van der Waals surface area contributed by atoms with Crippen LogP contribution in [0.4, 0.5) is 0 Å². The van der Waals surface area contributed by atoms with E-state index in [1.165, 1.54) is 0 Å². The first-order chi connectivity index (χ1) is 7.67. The van der Waals surface area contributed by atoms with Crippen molar-refractivity contribution in [2.24, 2.45) is 0 Å². The van der Waals surface area contributed by atoms with Crippen LogP contribution in [0.25, 0.3) is 0 Å². The number of nitrogens with one attached hydrogen (secondary N) is 2. The van der Waals surface area contributed by atoms with Crippen LogP contribution < -0.4 is 10.6 Å². The van der Waals surface area contributed by atoms with Gasteiger partial charge in [-0.25, -0.2) is 0 Å². The molecule has 0 aromatic heterocycles. The fraction of sp³-hybridized carbons (Fsp3) is 0.417. The number of benzene rings is 1. The molecule has 4 nitrogen and oxygen atoms in total. The molecule has 0 radical (unpaired) electrons. The molecule has 0 aliphatic rings. The number of phenols is 1. The number of amides is 1. The van der Waals surface area contributed by atoms with Gasteiger partial charge < -0.3 is 15.7 Å². The van der Waals surface area contributed by atoms with Crippen LogP contribution in [-0.4, -0.2) is 24.6 Å². The number of hydrogen-bond acceptors (Lipinski definition) is 3. The van der Waals surface area contributed by atoms with Gasteiger partial charge in [0, 0.05) is 13.1 Å². The maximum absolute atomic E-state index is 11.1. The van der Waals surface area contributed by atoms with E-state index >= 15 is 0 Å². The van der Waals surface area contributed by atoms with Crippen molar-refractivity contribution in [2.45, 2.75) is 19.4 Å². The fourth-order valence-corrected chi connectivity index (χ4v) is 1.51. The van der Waals surface area contributed by atoms with E-state index < -0.39 is 0 Å². The van der Waals surface area contributed by atoms with Crippen LogP contribution in [0.3, 0.4) is 0 Å². The number of aromatic hydroxyl groups is 1. The van der Waals surface area contributed by atoms with Crippen molar-refractivity contribution in [1.82, 2.24) is 10.6 Å². The van der Waals surface area contributed by atoms with Crippen LogP contribution in [0.15, 0.2) is 24.3 Å². The maximum atomic E-state index is 11.1. The van der Waals surface area contributed by atoms with Crippen molar-refractivity contribution in [2.75, 3.05) is 13.6 Å². The number of phenolic OH excluding ortho intramolecular Hbond substituents is 1. The van der Waals surface area contributed by atoms with Crippen LogP contribution in [0.5, 0.6) is 5.75 Å². The van der Waals surface area contributed by atoms with Gasteiger partial charge in [0.2, 0.25) is 5.91 Å². The summed E-state index contributed by atoms with van der Waals surface area (Å²) in [6.07, 6.45) is 0.891. The van der Waals surface area contributed by atoms with Crippen LogP contribution in [0.2, 0.25) is 0 Å². The molecule has 88 valence electrons. The molecule has 0 aliphatic heterocycles. The normalized spacial score (nSPS) is 12.1. The standard InChI is InChI=1S/C12H18N2O2/c1-3-11(14-8-12(16)13-2)9-4-6-10(15)7-5-9/h4-7,11,14-15H,3,8H2,1-2H3,(H,13,16). The summed E-state index contributed by atoms with van der Waals surface area (Å²) in [6, 6.07) is 7.16. The monoisotopic (exact) mass is 222 g/mol. The third kappa shape index (κ3) is 3.55. The molecule has 4 heteroatoms. The van der Waals surface area contributed by atoms with Gasteiger partial charge in [-0.3, -0.25) is 4.79 Å². The minimum Gasteiger partial charge on any atom is -0.508 e. The molecule has 1 aromatic carbocycles. The second kappa shape index (κ2) is 6.12. The Kier molecular flexibility index (Phi) is 4.79. The smallest absolute Gasteiger partial charge is 0.233 e. The van der Waals surface area contributed by atoms with Gasteiger partial charge in [0.05, 0.1) is 6.54 Å². The predicted octanol–water partition coefficient (Wildman–Crippen LogP) is 1.18. The lowest BCUT2D eigenvalue weighted by Crippen LogP contribution is -2.33. The molecule has 1 rings (SSSR count). The maximum Gasteiger partial charge on any atom is 0.233 e. The molecule has 0 bridgehead atoms. The summed E-state index contributed by atoms with van der Waals surface area (Å²) in [6.45, 7) is 2.35. The molecular formula is C12H18N2O2. The molecule has 1 aromatic rings. The highest BCUT2D eigenvalue weighted by Crippen LogP contribution is 2.18. The van der Waals surface area contributed by atoms with E-state index in [2.05, 4.69) is 10.6 Å². The van der Waals surface area contributed by atoms with E-state index in [-0.39, 0.29) is 17.7 Å². The lowest BCUT2D eigenvalue weighted by Gasteiger charge is -2.16. The number of rotatable bonds is 5. The summed E-state index contributed by atoms with van der Waals surface area (Å²) in [5.41, 5.74) is 1.07. The average molecular weight is 222 g/mol. The molecule has 16 heavy (non-hydrogen) atoms. The van der Waals surface area contributed by atoms with E-state index in [1.807, 2.05) is 19.1 Å². The third-order valence-electron chi connectivity index (χ3n) is 2.49. The van der Waals surface area contributed by atoms with Crippen molar-refractivity contribution in [3.63, 3.8) is 0 Å². The van der Waals surface area contributed by atoms with E-state index in [4.69, 9.17) is 0 Å². The Morgan fingerprint density at radius 2 is 2.00 bits per heavy atom. The zero-order chi connectivity index (χ0) is 12.0. The van der Waals surface area contributed by atoms with Crippen LogP contribution in [0.1, 0.15) is 24.9 Å². The summed E-state index contributed by atoms with van der Waals surface area (Å²) >= 11 is 0. The van der Waals surface area contributed by atoms with Gasteiger partial charge in [0.1, 0.15) is 5.75 Å². The van der Waals surface area contributed by atoms with Crippen molar-refractivity contribution in [3.05, 3.63) is 29.8 Å². The zero-order valence-electron chi connectivity index (χ0n) is 9.66. The molecule has 0 saturated heterocycles. The van der Waals surface area contributed by atoms with Crippen LogP contribution >= 0.6 is 0 Å². The number of likely N-dealkylation sites (N-methyl/N-ethyl adjacent to an activating group) is 1. The molecule has 0 aliphatic carbocycles. The second-order valence-corrected chi connectivity index (χ2v) is 3.61. The van der Waals surface area contributed by atoms with E-state index in [1.54, 1.807) is 19.2 Å². The number of hydrogen-bond donors (Lipinski definition) is 3. The number of carbonyl (C=O) groups is 1. The summed E-state index contributed by atoms with van der Waals surface area (Å²) in [5, 5.41) is 14.9. The Hall–Kier alpha value is -1.55. The highest BCUT2D eigenvalue weighted by atomic mass is 16.3. The minimum atomic E-state index is -0.0303. The molecular weight excluding hydrogens is 204 g/mol. The molecule has 0 fully saturated rings. The van der Waals surface area contributed by atoms with E-state index in [9.17, 15) is 9.90 Å².